The number of sulfonamides is 1. The fourth-order valence-corrected chi connectivity index (χ4v) is 7.10. The van der Waals surface area contributed by atoms with Gasteiger partial charge in [0.1, 0.15) is 0 Å². The Labute approximate surface area is 119 Å². The Morgan fingerprint density at radius 2 is 1.90 bits per heavy atom. The molecule has 20 heavy (non-hydrogen) atoms. The molecule has 9 heteroatoms. The molecule has 0 aromatic heterocycles. The van der Waals surface area contributed by atoms with Gasteiger partial charge in [-0.3, -0.25) is 4.79 Å². The summed E-state index contributed by atoms with van der Waals surface area (Å²) in [4.78, 5) is 10.7. The van der Waals surface area contributed by atoms with Crippen molar-refractivity contribution in [2.75, 3.05) is 18.1 Å². The van der Waals surface area contributed by atoms with Crippen molar-refractivity contribution in [3.05, 3.63) is 0 Å². The first kappa shape index (κ1) is 17.4. The minimum atomic E-state index is -3.83. The van der Waals surface area contributed by atoms with E-state index < -0.39 is 36.6 Å². The molecule has 0 bridgehead atoms. The number of nitrogens with zero attached hydrogens (tertiary/aromatic N) is 1. The highest BCUT2D eigenvalue weighted by molar-refractivity contribution is 7.95. The molecule has 1 unspecified atom stereocenters. The van der Waals surface area contributed by atoms with Crippen molar-refractivity contribution in [2.24, 2.45) is 0 Å². The largest absolute Gasteiger partial charge is 0.481 e. The highest BCUT2D eigenvalue weighted by Crippen LogP contribution is 2.27. The van der Waals surface area contributed by atoms with Crippen molar-refractivity contribution in [3.8, 4) is 0 Å². The topological polar surface area (TPSA) is 109 Å². The Balaban J connectivity index is 3.03. The molecule has 0 spiro atoms. The molecule has 0 aromatic carbocycles. The molecule has 1 aliphatic rings. The molecular formula is C11H21NO6S2. The summed E-state index contributed by atoms with van der Waals surface area (Å²) in [5, 5.41) is 7.75. The zero-order chi connectivity index (χ0) is 15.8. The Bertz CT molecular complexity index is 573. The molecule has 0 aliphatic carbocycles. The Kier molecular flexibility index (Phi) is 4.87. The molecule has 1 heterocycles. The third kappa shape index (κ3) is 4.16. The van der Waals surface area contributed by atoms with Gasteiger partial charge in [0.2, 0.25) is 10.0 Å². The number of rotatable bonds is 5. The van der Waals surface area contributed by atoms with Crippen molar-refractivity contribution < 1.29 is 26.7 Å². The van der Waals surface area contributed by atoms with Crippen LogP contribution in [0.25, 0.3) is 0 Å². The quantitative estimate of drug-likeness (QED) is 0.766. The molecule has 1 rings (SSSR count). The molecular weight excluding hydrogens is 306 g/mol. The van der Waals surface area contributed by atoms with Gasteiger partial charge in [0.05, 0.1) is 23.2 Å². The number of carboxylic acids is 1. The molecule has 0 amide bonds. The first-order valence-corrected chi connectivity index (χ1v) is 9.62. The lowest BCUT2D eigenvalue weighted by molar-refractivity contribution is -0.137. The van der Waals surface area contributed by atoms with Gasteiger partial charge >= 0.3 is 5.97 Å². The van der Waals surface area contributed by atoms with Crippen LogP contribution in [-0.2, 0) is 24.7 Å². The zero-order valence-electron chi connectivity index (χ0n) is 11.9. The van der Waals surface area contributed by atoms with Crippen LogP contribution in [0.2, 0.25) is 0 Å². The van der Waals surface area contributed by atoms with E-state index in [4.69, 9.17) is 5.11 Å². The molecule has 1 saturated heterocycles. The third-order valence-electron chi connectivity index (χ3n) is 3.20. The Hall–Kier alpha value is -0.670. The van der Waals surface area contributed by atoms with Crippen LogP contribution >= 0.6 is 0 Å². The normalized spacial score (nSPS) is 23.1. The molecule has 1 fully saturated rings. The summed E-state index contributed by atoms with van der Waals surface area (Å²) in [6.45, 7) is 4.83. The maximum absolute atomic E-state index is 12.5. The molecule has 1 aliphatic heterocycles. The van der Waals surface area contributed by atoms with Crippen molar-refractivity contribution in [1.82, 2.24) is 4.31 Å². The SMILES string of the molecule is CC(C)(C)N(CCC(=O)O)S(=O)(=O)C1CCS(=O)(=O)C1. The van der Waals surface area contributed by atoms with Gasteiger partial charge in [0.25, 0.3) is 0 Å². The van der Waals surface area contributed by atoms with Gasteiger partial charge in [-0.15, -0.1) is 0 Å². The van der Waals surface area contributed by atoms with Gasteiger partial charge in [0, 0.05) is 12.1 Å². The van der Waals surface area contributed by atoms with Gasteiger partial charge in [-0.2, -0.15) is 4.31 Å². The summed E-state index contributed by atoms with van der Waals surface area (Å²) in [7, 11) is -7.15. The fraction of sp³-hybridized carbons (Fsp3) is 0.909. The number of hydrogen-bond donors (Lipinski definition) is 1. The molecule has 0 radical (unpaired) electrons. The van der Waals surface area contributed by atoms with Crippen LogP contribution in [0.3, 0.4) is 0 Å². The maximum atomic E-state index is 12.5. The van der Waals surface area contributed by atoms with E-state index >= 15 is 0 Å². The summed E-state index contributed by atoms with van der Waals surface area (Å²) in [6.07, 6.45) is -0.236. The highest BCUT2D eigenvalue weighted by Gasteiger charge is 2.43. The number of carboxylic acid groups (broad SMARTS) is 1. The van der Waals surface area contributed by atoms with Crippen LogP contribution in [0.5, 0.6) is 0 Å². The van der Waals surface area contributed by atoms with E-state index in [9.17, 15) is 21.6 Å². The van der Waals surface area contributed by atoms with Gasteiger partial charge in [-0.05, 0) is 27.2 Å². The zero-order valence-corrected chi connectivity index (χ0v) is 13.5. The average Bonchev–Trinajstić information content (AvgIpc) is 2.56. The summed E-state index contributed by atoms with van der Waals surface area (Å²) in [5.41, 5.74) is -0.791. The van der Waals surface area contributed by atoms with Crippen LogP contribution in [0, 0.1) is 0 Å². The van der Waals surface area contributed by atoms with Crippen molar-refractivity contribution >= 4 is 25.8 Å². The standard InChI is InChI=1S/C11H21NO6S2/c1-11(2,3)12(6-4-10(13)14)20(17,18)9-5-7-19(15,16)8-9/h9H,4-8H2,1-3H3,(H,13,14). The van der Waals surface area contributed by atoms with E-state index in [2.05, 4.69) is 0 Å². The second kappa shape index (κ2) is 5.61. The first-order chi connectivity index (χ1) is 8.86. The number of carbonyl (C=O) groups is 1. The lowest BCUT2D eigenvalue weighted by Gasteiger charge is -2.35. The maximum Gasteiger partial charge on any atom is 0.304 e. The molecule has 1 atom stereocenters. The van der Waals surface area contributed by atoms with E-state index in [1.807, 2.05) is 0 Å². The van der Waals surface area contributed by atoms with Crippen molar-refractivity contribution in [3.63, 3.8) is 0 Å². The predicted octanol–water partition coefficient (Wildman–Crippen LogP) is 0.0785. The van der Waals surface area contributed by atoms with Gasteiger partial charge in [0.15, 0.2) is 9.84 Å². The van der Waals surface area contributed by atoms with Gasteiger partial charge in [-0.1, -0.05) is 0 Å². The van der Waals surface area contributed by atoms with E-state index in [1.54, 1.807) is 20.8 Å². The number of sulfone groups is 1. The predicted molar refractivity (Wildman–Crippen MR) is 74.7 cm³/mol. The molecule has 7 nitrogen and oxygen atoms in total. The van der Waals surface area contributed by atoms with Crippen molar-refractivity contribution in [2.45, 2.75) is 44.4 Å². The number of aliphatic carboxylic acids is 1. The lowest BCUT2D eigenvalue weighted by atomic mass is 10.1. The second-order valence-corrected chi connectivity index (χ2v) is 10.3. The summed E-state index contributed by atoms with van der Waals surface area (Å²) < 4.78 is 49.1. The summed E-state index contributed by atoms with van der Waals surface area (Å²) in [6, 6.07) is 0. The number of hydrogen-bond acceptors (Lipinski definition) is 5. The van der Waals surface area contributed by atoms with Crippen molar-refractivity contribution in [1.29, 1.82) is 0 Å². The van der Waals surface area contributed by atoms with E-state index in [1.165, 1.54) is 0 Å². The summed E-state index contributed by atoms with van der Waals surface area (Å²) in [5.74, 6) is -1.60. The smallest absolute Gasteiger partial charge is 0.304 e. The Morgan fingerprint density at radius 3 is 2.25 bits per heavy atom. The van der Waals surface area contributed by atoms with E-state index in [-0.39, 0.29) is 30.9 Å². The van der Waals surface area contributed by atoms with Crippen LogP contribution < -0.4 is 0 Å². The molecule has 118 valence electrons. The minimum absolute atomic E-state index is 0.0737. The van der Waals surface area contributed by atoms with Crippen LogP contribution in [0.15, 0.2) is 0 Å². The summed E-state index contributed by atoms with van der Waals surface area (Å²) >= 11 is 0. The monoisotopic (exact) mass is 327 g/mol. The average molecular weight is 327 g/mol. The highest BCUT2D eigenvalue weighted by atomic mass is 32.2. The molecule has 0 aromatic rings. The van der Waals surface area contributed by atoms with Gasteiger partial charge in [-0.25, -0.2) is 16.8 Å². The third-order valence-corrected chi connectivity index (χ3v) is 7.76. The first-order valence-electron chi connectivity index (χ1n) is 6.30. The van der Waals surface area contributed by atoms with Crippen LogP contribution in [-0.4, -0.2) is 61.1 Å². The van der Waals surface area contributed by atoms with E-state index in [0.717, 1.165) is 4.31 Å². The van der Waals surface area contributed by atoms with Gasteiger partial charge < -0.3 is 5.11 Å². The van der Waals surface area contributed by atoms with E-state index in [0.29, 0.717) is 0 Å². The Morgan fingerprint density at radius 1 is 1.35 bits per heavy atom. The van der Waals surface area contributed by atoms with Crippen LogP contribution in [0.4, 0.5) is 0 Å². The van der Waals surface area contributed by atoms with Crippen LogP contribution in [0.1, 0.15) is 33.6 Å². The minimum Gasteiger partial charge on any atom is -0.481 e. The molecule has 0 saturated carbocycles. The second-order valence-electron chi connectivity index (χ2n) is 5.96. The fourth-order valence-electron chi connectivity index (χ4n) is 2.22. The lowest BCUT2D eigenvalue weighted by Crippen LogP contribution is -2.50. The molecule has 1 N–H and O–H groups in total.